The number of pyridine rings is 1. The Kier molecular flexibility index (Phi) is 2.83. The van der Waals surface area contributed by atoms with E-state index < -0.39 is 17.7 Å². The van der Waals surface area contributed by atoms with Crippen molar-refractivity contribution < 1.29 is 17.6 Å². The molecule has 17 heavy (non-hydrogen) atoms. The Labute approximate surface area is 94.7 Å². The predicted octanol–water partition coefficient (Wildman–Crippen LogP) is 3.91. The fraction of sp³-hybridized carbons (Fsp3) is 0.0833. The number of rotatable bonds is 1. The number of halogens is 4. The molecule has 0 N–H and O–H groups in total. The molecule has 0 aliphatic rings. The molecule has 2 rings (SSSR count). The first-order chi connectivity index (χ1) is 7.98. The van der Waals surface area contributed by atoms with Crippen LogP contribution in [-0.2, 0) is 6.18 Å². The van der Waals surface area contributed by atoms with Gasteiger partial charge in [-0.1, -0.05) is 30.3 Å². The van der Waals surface area contributed by atoms with E-state index in [0.717, 1.165) is 6.07 Å². The van der Waals surface area contributed by atoms with Crippen LogP contribution >= 0.6 is 0 Å². The van der Waals surface area contributed by atoms with Gasteiger partial charge in [-0.2, -0.15) is 17.6 Å². The number of alkyl halides is 3. The molecule has 0 atom stereocenters. The van der Waals surface area contributed by atoms with E-state index >= 15 is 0 Å². The van der Waals surface area contributed by atoms with Crippen LogP contribution < -0.4 is 0 Å². The summed E-state index contributed by atoms with van der Waals surface area (Å²) in [6.07, 6.45) is -4.04. The summed E-state index contributed by atoms with van der Waals surface area (Å²) in [4.78, 5) is 3.14. The molecule has 1 aromatic carbocycles. The number of hydrogen-bond donors (Lipinski definition) is 0. The molecule has 0 saturated heterocycles. The molecule has 0 saturated carbocycles. The van der Waals surface area contributed by atoms with Crippen molar-refractivity contribution in [3.8, 4) is 11.1 Å². The Bertz CT molecular complexity index is 520. The lowest BCUT2D eigenvalue weighted by Gasteiger charge is -2.09. The van der Waals surface area contributed by atoms with Crippen LogP contribution in [-0.4, -0.2) is 4.98 Å². The number of nitrogens with zero attached hydrogens (tertiary/aromatic N) is 1. The largest absolute Gasteiger partial charge is 0.417 e. The Morgan fingerprint density at radius 3 is 2.24 bits per heavy atom. The molecule has 0 radical (unpaired) electrons. The highest BCUT2D eigenvalue weighted by Gasteiger charge is 2.31. The molecule has 0 unspecified atom stereocenters. The van der Waals surface area contributed by atoms with Crippen molar-refractivity contribution in [2.75, 3.05) is 0 Å². The van der Waals surface area contributed by atoms with Crippen molar-refractivity contribution in [2.45, 2.75) is 6.18 Å². The SMILES string of the molecule is Fc1ncc(C(F)(F)F)cc1-c1ccccc1. The van der Waals surface area contributed by atoms with Crippen LogP contribution in [0.3, 0.4) is 0 Å². The Balaban J connectivity index is 2.55. The molecule has 0 bridgehead atoms. The molecular formula is C12H7F4N. The summed E-state index contributed by atoms with van der Waals surface area (Å²) in [6.45, 7) is 0. The van der Waals surface area contributed by atoms with Crippen molar-refractivity contribution >= 4 is 0 Å². The molecule has 5 heteroatoms. The molecule has 1 nitrogen and oxygen atoms in total. The Hall–Kier alpha value is -1.91. The van der Waals surface area contributed by atoms with E-state index in [4.69, 9.17) is 0 Å². The van der Waals surface area contributed by atoms with E-state index in [2.05, 4.69) is 4.98 Å². The zero-order chi connectivity index (χ0) is 12.5. The van der Waals surface area contributed by atoms with E-state index in [9.17, 15) is 17.6 Å². The normalized spacial score (nSPS) is 11.5. The molecule has 0 aliphatic carbocycles. The lowest BCUT2D eigenvalue weighted by Crippen LogP contribution is -2.06. The van der Waals surface area contributed by atoms with Crippen LogP contribution in [0.15, 0.2) is 42.6 Å². The van der Waals surface area contributed by atoms with Gasteiger partial charge in [0, 0.05) is 11.8 Å². The second kappa shape index (κ2) is 4.16. The van der Waals surface area contributed by atoms with Crippen molar-refractivity contribution in [3.05, 3.63) is 54.1 Å². The highest BCUT2D eigenvalue weighted by atomic mass is 19.4. The molecule has 0 spiro atoms. The van der Waals surface area contributed by atoms with E-state index in [1.54, 1.807) is 18.2 Å². The van der Waals surface area contributed by atoms with Crippen molar-refractivity contribution in [1.82, 2.24) is 4.98 Å². The third kappa shape index (κ3) is 2.43. The summed E-state index contributed by atoms with van der Waals surface area (Å²) in [5.41, 5.74) is -0.748. The first-order valence-electron chi connectivity index (χ1n) is 4.76. The van der Waals surface area contributed by atoms with Crippen LogP contribution in [0.5, 0.6) is 0 Å². The van der Waals surface area contributed by atoms with Crippen LogP contribution in [0.4, 0.5) is 17.6 Å². The molecule has 2 aromatic rings. The Morgan fingerprint density at radius 1 is 1.00 bits per heavy atom. The minimum atomic E-state index is -4.52. The summed E-state index contributed by atoms with van der Waals surface area (Å²) in [7, 11) is 0. The second-order valence-corrected chi connectivity index (χ2v) is 3.43. The summed E-state index contributed by atoms with van der Waals surface area (Å²) >= 11 is 0. The smallest absolute Gasteiger partial charge is 0.227 e. The molecule has 0 fully saturated rings. The second-order valence-electron chi connectivity index (χ2n) is 3.43. The highest BCUT2D eigenvalue weighted by molar-refractivity contribution is 5.63. The summed E-state index contributed by atoms with van der Waals surface area (Å²) < 4.78 is 50.7. The number of hydrogen-bond acceptors (Lipinski definition) is 1. The summed E-state index contributed by atoms with van der Waals surface area (Å²) in [5, 5.41) is 0. The quantitative estimate of drug-likeness (QED) is 0.545. The fourth-order valence-corrected chi connectivity index (χ4v) is 1.42. The monoisotopic (exact) mass is 241 g/mol. The van der Waals surface area contributed by atoms with Gasteiger partial charge in [-0.25, -0.2) is 4.98 Å². The molecule has 0 amide bonds. The average molecular weight is 241 g/mol. The summed E-state index contributed by atoms with van der Waals surface area (Å²) in [6, 6.07) is 8.75. The van der Waals surface area contributed by atoms with Crippen LogP contribution in [0, 0.1) is 5.95 Å². The van der Waals surface area contributed by atoms with Gasteiger partial charge in [0.2, 0.25) is 5.95 Å². The van der Waals surface area contributed by atoms with Crippen LogP contribution in [0.2, 0.25) is 0 Å². The van der Waals surface area contributed by atoms with Crippen molar-refractivity contribution in [2.24, 2.45) is 0 Å². The lowest BCUT2D eigenvalue weighted by atomic mass is 10.1. The highest BCUT2D eigenvalue weighted by Crippen LogP contribution is 2.32. The predicted molar refractivity (Wildman–Crippen MR) is 54.6 cm³/mol. The zero-order valence-corrected chi connectivity index (χ0v) is 8.50. The van der Waals surface area contributed by atoms with Gasteiger partial charge in [-0.15, -0.1) is 0 Å². The Morgan fingerprint density at radius 2 is 1.65 bits per heavy atom. The molecular weight excluding hydrogens is 234 g/mol. The molecule has 88 valence electrons. The maximum Gasteiger partial charge on any atom is 0.417 e. The van der Waals surface area contributed by atoms with Gasteiger partial charge >= 0.3 is 6.18 Å². The van der Waals surface area contributed by atoms with Gasteiger partial charge in [0.25, 0.3) is 0 Å². The van der Waals surface area contributed by atoms with E-state index in [1.807, 2.05) is 0 Å². The average Bonchev–Trinajstić information content (AvgIpc) is 2.29. The van der Waals surface area contributed by atoms with E-state index in [-0.39, 0.29) is 5.56 Å². The van der Waals surface area contributed by atoms with E-state index in [0.29, 0.717) is 11.8 Å². The number of benzene rings is 1. The lowest BCUT2D eigenvalue weighted by molar-refractivity contribution is -0.137. The zero-order valence-electron chi connectivity index (χ0n) is 8.50. The standard InChI is InChI=1S/C12H7F4N/c13-11-10(8-4-2-1-3-5-8)6-9(7-17-11)12(14,15)16/h1-7H. The maximum absolute atomic E-state index is 13.4. The number of aromatic nitrogens is 1. The van der Waals surface area contributed by atoms with Gasteiger partial charge < -0.3 is 0 Å². The molecule has 1 aromatic heterocycles. The van der Waals surface area contributed by atoms with E-state index in [1.165, 1.54) is 12.1 Å². The first-order valence-corrected chi connectivity index (χ1v) is 4.76. The van der Waals surface area contributed by atoms with Gasteiger partial charge in [-0.05, 0) is 11.6 Å². The first kappa shape index (κ1) is 11.6. The minimum absolute atomic E-state index is 0.152. The van der Waals surface area contributed by atoms with Crippen molar-refractivity contribution in [3.63, 3.8) is 0 Å². The van der Waals surface area contributed by atoms with Gasteiger partial charge in [0.1, 0.15) is 0 Å². The molecule has 1 heterocycles. The van der Waals surface area contributed by atoms with Gasteiger partial charge in [-0.3, -0.25) is 0 Å². The van der Waals surface area contributed by atoms with Gasteiger partial charge in [0.15, 0.2) is 0 Å². The third-order valence-electron chi connectivity index (χ3n) is 2.25. The van der Waals surface area contributed by atoms with Crippen LogP contribution in [0.1, 0.15) is 5.56 Å². The van der Waals surface area contributed by atoms with Gasteiger partial charge in [0.05, 0.1) is 5.56 Å². The maximum atomic E-state index is 13.4. The fourth-order valence-electron chi connectivity index (χ4n) is 1.42. The molecule has 0 aliphatic heterocycles. The van der Waals surface area contributed by atoms with Crippen molar-refractivity contribution in [1.29, 1.82) is 0 Å². The topological polar surface area (TPSA) is 12.9 Å². The summed E-state index contributed by atoms with van der Waals surface area (Å²) in [5.74, 6) is -0.913. The third-order valence-corrected chi connectivity index (χ3v) is 2.25. The minimum Gasteiger partial charge on any atom is -0.227 e. The van der Waals surface area contributed by atoms with Crippen LogP contribution in [0.25, 0.3) is 11.1 Å².